The van der Waals surface area contributed by atoms with Gasteiger partial charge in [0.1, 0.15) is 0 Å². The lowest BCUT2D eigenvalue weighted by Gasteiger charge is -2.20. The van der Waals surface area contributed by atoms with Crippen LogP contribution in [0.25, 0.3) is 0 Å². The van der Waals surface area contributed by atoms with E-state index in [0.717, 1.165) is 0 Å². The number of nitrogens with two attached hydrogens (primary N) is 1. The lowest BCUT2D eigenvalue weighted by Crippen LogP contribution is -2.28. The SMILES string of the molecule is CC(C)(CO)COC(=O)CN. The van der Waals surface area contributed by atoms with Gasteiger partial charge in [0.05, 0.1) is 19.8 Å². The third-order valence-electron chi connectivity index (χ3n) is 1.22. The highest BCUT2D eigenvalue weighted by atomic mass is 16.5. The van der Waals surface area contributed by atoms with Gasteiger partial charge < -0.3 is 15.6 Å². The van der Waals surface area contributed by atoms with E-state index in [4.69, 9.17) is 15.6 Å². The second-order valence-electron chi connectivity index (χ2n) is 3.19. The second kappa shape index (κ2) is 4.31. The largest absolute Gasteiger partial charge is 0.464 e. The Kier molecular flexibility index (Phi) is 4.07. The Morgan fingerprint density at radius 2 is 2.18 bits per heavy atom. The molecule has 0 spiro atoms. The Balaban J connectivity index is 3.61. The number of carbonyl (C=O) groups excluding carboxylic acids is 1. The first kappa shape index (κ1) is 10.4. The number of aliphatic hydroxyl groups excluding tert-OH is 1. The summed E-state index contributed by atoms with van der Waals surface area (Å²) in [6.45, 7) is 3.69. The van der Waals surface area contributed by atoms with Crippen molar-refractivity contribution >= 4 is 5.97 Å². The Labute approximate surface area is 66.3 Å². The Morgan fingerprint density at radius 3 is 2.55 bits per heavy atom. The third-order valence-corrected chi connectivity index (χ3v) is 1.22. The Morgan fingerprint density at radius 1 is 1.64 bits per heavy atom. The van der Waals surface area contributed by atoms with E-state index in [1.54, 1.807) is 13.8 Å². The Bertz CT molecular complexity index is 134. The summed E-state index contributed by atoms with van der Waals surface area (Å²) in [6, 6.07) is 0. The molecular formula is C7H15NO3. The number of hydrogen-bond donors (Lipinski definition) is 2. The van der Waals surface area contributed by atoms with Crippen molar-refractivity contribution < 1.29 is 14.6 Å². The van der Waals surface area contributed by atoms with Crippen molar-refractivity contribution in [1.82, 2.24) is 0 Å². The van der Waals surface area contributed by atoms with Crippen molar-refractivity contribution in [1.29, 1.82) is 0 Å². The summed E-state index contributed by atoms with van der Waals surface area (Å²) in [5, 5.41) is 8.76. The number of rotatable bonds is 4. The number of hydrogen-bond acceptors (Lipinski definition) is 4. The maximum absolute atomic E-state index is 10.5. The molecule has 0 aromatic heterocycles. The van der Waals surface area contributed by atoms with Gasteiger partial charge in [-0.1, -0.05) is 13.8 Å². The molecule has 0 aliphatic heterocycles. The minimum absolute atomic E-state index is 0.00908. The van der Waals surface area contributed by atoms with Gasteiger partial charge in [-0.2, -0.15) is 0 Å². The summed E-state index contributed by atoms with van der Waals surface area (Å²) in [6.07, 6.45) is 0. The lowest BCUT2D eigenvalue weighted by molar-refractivity contribution is -0.145. The first-order valence-corrected chi connectivity index (χ1v) is 3.48. The van der Waals surface area contributed by atoms with Gasteiger partial charge in [0, 0.05) is 5.41 Å². The molecule has 0 radical (unpaired) electrons. The zero-order chi connectivity index (χ0) is 8.91. The van der Waals surface area contributed by atoms with Gasteiger partial charge in [-0.15, -0.1) is 0 Å². The number of esters is 1. The molecule has 3 N–H and O–H groups in total. The highest BCUT2D eigenvalue weighted by molar-refractivity contribution is 5.71. The minimum atomic E-state index is -0.438. The fourth-order valence-electron chi connectivity index (χ4n) is 0.380. The smallest absolute Gasteiger partial charge is 0.319 e. The molecule has 0 saturated heterocycles. The van der Waals surface area contributed by atoms with Crippen molar-refractivity contribution in [3.05, 3.63) is 0 Å². The van der Waals surface area contributed by atoms with Crippen molar-refractivity contribution in [2.45, 2.75) is 13.8 Å². The molecule has 0 atom stereocenters. The van der Waals surface area contributed by atoms with Gasteiger partial charge >= 0.3 is 5.97 Å². The fraction of sp³-hybridized carbons (Fsp3) is 0.857. The van der Waals surface area contributed by atoms with Crippen LogP contribution in [0.3, 0.4) is 0 Å². The third kappa shape index (κ3) is 4.75. The maximum atomic E-state index is 10.5. The topological polar surface area (TPSA) is 72.5 Å². The van der Waals surface area contributed by atoms with E-state index in [9.17, 15) is 4.79 Å². The summed E-state index contributed by atoms with van der Waals surface area (Å²) in [5.41, 5.74) is 4.64. The molecule has 0 amide bonds. The van der Waals surface area contributed by atoms with Crippen LogP contribution in [0.4, 0.5) is 0 Å². The summed E-state index contributed by atoms with van der Waals surface area (Å²) in [7, 11) is 0. The van der Waals surface area contributed by atoms with Gasteiger partial charge in [-0.3, -0.25) is 4.79 Å². The van der Waals surface area contributed by atoms with Crippen LogP contribution >= 0.6 is 0 Å². The second-order valence-corrected chi connectivity index (χ2v) is 3.19. The van der Waals surface area contributed by atoms with Crippen LogP contribution in [-0.4, -0.2) is 30.8 Å². The van der Waals surface area contributed by atoms with E-state index < -0.39 is 5.97 Å². The van der Waals surface area contributed by atoms with Crippen molar-refractivity contribution in [3.63, 3.8) is 0 Å². The molecule has 11 heavy (non-hydrogen) atoms. The van der Waals surface area contributed by atoms with E-state index in [1.807, 2.05) is 0 Å². The zero-order valence-electron chi connectivity index (χ0n) is 6.96. The molecule has 66 valence electrons. The van der Waals surface area contributed by atoms with Gasteiger partial charge in [0.25, 0.3) is 0 Å². The highest BCUT2D eigenvalue weighted by Crippen LogP contribution is 2.13. The standard InChI is InChI=1S/C7H15NO3/c1-7(2,4-9)5-11-6(10)3-8/h9H,3-5,8H2,1-2H3. The first-order chi connectivity index (χ1) is 5.02. The molecule has 0 unspecified atom stereocenters. The summed E-state index contributed by atoms with van der Waals surface area (Å²) >= 11 is 0. The monoisotopic (exact) mass is 161 g/mol. The van der Waals surface area contributed by atoms with Crippen molar-refractivity contribution in [2.75, 3.05) is 19.8 Å². The molecule has 0 aromatic carbocycles. The predicted octanol–water partition coefficient (Wildman–Crippen LogP) is -0.493. The number of aliphatic hydroxyl groups is 1. The molecule has 0 aromatic rings. The number of ether oxygens (including phenoxy) is 1. The molecule has 4 nitrogen and oxygen atoms in total. The molecule has 0 rings (SSSR count). The molecule has 0 fully saturated rings. The van der Waals surface area contributed by atoms with Gasteiger partial charge in [-0.05, 0) is 0 Å². The zero-order valence-corrected chi connectivity index (χ0v) is 6.96. The summed E-state index contributed by atoms with van der Waals surface area (Å²) in [5.74, 6) is -0.438. The summed E-state index contributed by atoms with van der Waals surface area (Å²) in [4.78, 5) is 10.5. The van der Waals surface area contributed by atoms with E-state index in [-0.39, 0.29) is 25.2 Å². The van der Waals surface area contributed by atoms with Crippen molar-refractivity contribution in [2.24, 2.45) is 11.1 Å². The highest BCUT2D eigenvalue weighted by Gasteiger charge is 2.18. The van der Waals surface area contributed by atoms with Crippen LogP contribution in [0, 0.1) is 5.41 Å². The van der Waals surface area contributed by atoms with Gasteiger partial charge in [-0.25, -0.2) is 0 Å². The fourth-order valence-corrected chi connectivity index (χ4v) is 0.380. The normalized spacial score (nSPS) is 11.3. The molecule has 4 heteroatoms. The molecule has 0 aliphatic carbocycles. The van der Waals surface area contributed by atoms with Crippen LogP contribution in [-0.2, 0) is 9.53 Å². The number of carbonyl (C=O) groups is 1. The molecule has 0 aliphatic rings. The molecular weight excluding hydrogens is 146 g/mol. The summed E-state index contributed by atoms with van der Waals surface area (Å²) < 4.78 is 4.72. The molecule has 0 saturated carbocycles. The first-order valence-electron chi connectivity index (χ1n) is 3.48. The maximum Gasteiger partial charge on any atom is 0.319 e. The average Bonchev–Trinajstić information content (AvgIpc) is 2.00. The Hall–Kier alpha value is -0.610. The molecule has 0 heterocycles. The minimum Gasteiger partial charge on any atom is -0.464 e. The van der Waals surface area contributed by atoms with E-state index in [2.05, 4.69) is 0 Å². The van der Waals surface area contributed by atoms with Crippen LogP contribution in [0.15, 0.2) is 0 Å². The average molecular weight is 161 g/mol. The van der Waals surface area contributed by atoms with Crippen LogP contribution in [0.2, 0.25) is 0 Å². The quantitative estimate of drug-likeness (QED) is 0.545. The van der Waals surface area contributed by atoms with E-state index in [0.29, 0.717) is 0 Å². The van der Waals surface area contributed by atoms with Crippen LogP contribution in [0.5, 0.6) is 0 Å². The lowest BCUT2D eigenvalue weighted by atomic mass is 9.97. The van der Waals surface area contributed by atoms with E-state index >= 15 is 0 Å². The predicted molar refractivity (Wildman–Crippen MR) is 40.9 cm³/mol. The van der Waals surface area contributed by atoms with E-state index in [1.165, 1.54) is 0 Å². The van der Waals surface area contributed by atoms with Gasteiger partial charge in [0.2, 0.25) is 0 Å². The van der Waals surface area contributed by atoms with Gasteiger partial charge in [0.15, 0.2) is 0 Å². The van der Waals surface area contributed by atoms with Crippen molar-refractivity contribution in [3.8, 4) is 0 Å². The van der Waals surface area contributed by atoms with Crippen LogP contribution < -0.4 is 5.73 Å². The van der Waals surface area contributed by atoms with Crippen LogP contribution in [0.1, 0.15) is 13.8 Å². The molecule has 0 bridgehead atoms.